The quantitative estimate of drug-likeness (QED) is 0.781. The molecule has 2 heterocycles. The fraction of sp³-hybridized carbons (Fsp3) is 0.136. The zero-order valence-electron chi connectivity index (χ0n) is 14.2. The molecule has 1 aromatic heterocycles. The Morgan fingerprint density at radius 3 is 2.65 bits per heavy atom. The summed E-state index contributed by atoms with van der Waals surface area (Å²) < 4.78 is 0. The predicted molar refractivity (Wildman–Crippen MR) is 101 cm³/mol. The summed E-state index contributed by atoms with van der Waals surface area (Å²) in [7, 11) is 0. The number of aromatic nitrogens is 1. The maximum atomic E-state index is 12.0. The third kappa shape index (κ3) is 3.07. The van der Waals surface area contributed by atoms with Crippen LogP contribution in [0.15, 0.2) is 60.9 Å². The van der Waals surface area contributed by atoms with Gasteiger partial charge >= 0.3 is 0 Å². The summed E-state index contributed by atoms with van der Waals surface area (Å²) in [6, 6.07) is 17.9. The highest BCUT2D eigenvalue weighted by atomic mass is 16.1. The standard InChI is InChI=1S/C22H17N3O/c23-13-16-5-3-15(4-6-16)12-18-8-7-17-9-10-20(26)25-22(17)21(18)19-2-1-11-24-14-19/h1-8,11,14H,9-10,12H2,(H,25,26). The molecule has 0 bridgehead atoms. The van der Waals surface area contributed by atoms with Crippen LogP contribution in [0.1, 0.15) is 28.7 Å². The molecule has 126 valence electrons. The third-order valence-corrected chi connectivity index (χ3v) is 4.69. The van der Waals surface area contributed by atoms with Gasteiger partial charge in [-0.25, -0.2) is 0 Å². The number of fused-ring (bicyclic) bond motifs is 1. The summed E-state index contributed by atoms with van der Waals surface area (Å²) in [4.78, 5) is 16.2. The van der Waals surface area contributed by atoms with Crippen LogP contribution in [0.25, 0.3) is 11.1 Å². The van der Waals surface area contributed by atoms with Gasteiger partial charge in [0.15, 0.2) is 0 Å². The van der Waals surface area contributed by atoms with Crippen molar-refractivity contribution in [3.63, 3.8) is 0 Å². The van der Waals surface area contributed by atoms with E-state index >= 15 is 0 Å². The Labute approximate surface area is 152 Å². The van der Waals surface area contributed by atoms with Crippen molar-refractivity contribution in [3.05, 3.63) is 83.2 Å². The molecule has 0 aliphatic carbocycles. The fourth-order valence-electron chi connectivity index (χ4n) is 3.39. The lowest BCUT2D eigenvalue weighted by molar-refractivity contribution is -0.116. The van der Waals surface area contributed by atoms with Crippen molar-refractivity contribution in [1.82, 2.24) is 4.98 Å². The normalized spacial score (nSPS) is 12.8. The smallest absolute Gasteiger partial charge is 0.224 e. The van der Waals surface area contributed by atoms with Crippen LogP contribution >= 0.6 is 0 Å². The molecule has 0 saturated heterocycles. The van der Waals surface area contributed by atoms with E-state index in [9.17, 15) is 4.79 Å². The van der Waals surface area contributed by atoms with Crippen LogP contribution in [-0.4, -0.2) is 10.9 Å². The number of hydrogen-bond donors (Lipinski definition) is 1. The first kappa shape index (κ1) is 16.0. The summed E-state index contributed by atoms with van der Waals surface area (Å²) >= 11 is 0. The average Bonchev–Trinajstić information content (AvgIpc) is 2.69. The topological polar surface area (TPSA) is 65.8 Å². The van der Waals surface area contributed by atoms with Crippen molar-refractivity contribution in [1.29, 1.82) is 5.26 Å². The summed E-state index contributed by atoms with van der Waals surface area (Å²) in [5.41, 5.74) is 6.99. The number of pyridine rings is 1. The number of aryl methyl sites for hydroxylation is 1. The third-order valence-electron chi connectivity index (χ3n) is 4.69. The van der Waals surface area contributed by atoms with Crippen molar-refractivity contribution in [3.8, 4) is 17.2 Å². The van der Waals surface area contributed by atoms with Crippen molar-refractivity contribution < 1.29 is 4.79 Å². The largest absolute Gasteiger partial charge is 0.325 e. The molecule has 1 amide bonds. The maximum Gasteiger partial charge on any atom is 0.224 e. The van der Waals surface area contributed by atoms with Gasteiger partial charge in [0.25, 0.3) is 0 Å². The summed E-state index contributed by atoms with van der Waals surface area (Å²) in [6.45, 7) is 0. The van der Waals surface area contributed by atoms with E-state index in [2.05, 4.69) is 28.5 Å². The van der Waals surface area contributed by atoms with Crippen molar-refractivity contribution in [2.24, 2.45) is 0 Å². The summed E-state index contributed by atoms with van der Waals surface area (Å²) in [5, 5.41) is 12.0. The molecule has 0 fully saturated rings. The minimum atomic E-state index is 0.0539. The molecule has 4 rings (SSSR count). The van der Waals surface area contributed by atoms with Crippen LogP contribution in [0.3, 0.4) is 0 Å². The Balaban J connectivity index is 1.82. The second-order valence-electron chi connectivity index (χ2n) is 6.41. The first-order chi connectivity index (χ1) is 12.7. The number of carbonyl (C=O) groups is 1. The van der Waals surface area contributed by atoms with E-state index in [0.717, 1.165) is 46.3 Å². The van der Waals surface area contributed by atoms with E-state index in [1.54, 1.807) is 6.20 Å². The maximum absolute atomic E-state index is 12.0. The van der Waals surface area contributed by atoms with E-state index in [4.69, 9.17) is 5.26 Å². The number of benzene rings is 2. The van der Waals surface area contributed by atoms with E-state index in [0.29, 0.717) is 12.0 Å². The van der Waals surface area contributed by atoms with E-state index in [-0.39, 0.29) is 5.91 Å². The van der Waals surface area contributed by atoms with Gasteiger partial charge in [-0.3, -0.25) is 9.78 Å². The average molecular weight is 339 g/mol. The number of nitrogens with zero attached hydrogens (tertiary/aromatic N) is 2. The van der Waals surface area contributed by atoms with E-state index in [1.807, 2.05) is 42.6 Å². The van der Waals surface area contributed by atoms with Crippen LogP contribution in [0.4, 0.5) is 5.69 Å². The zero-order chi connectivity index (χ0) is 17.9. The molecule has 0 spiro atoms. The summed E-state index contributed by atoms with van der Waals surface area (Å²) in [6.07, 6.45) is 5.58. The summed E-state index contributed by atoms with van der Waals surface area (Å²) in [5.74, 6) is 0.0539. The van der Waals surface area contributed by atoms with Crippen LogP contribution in [0.5, 0.6) is 0 Å². The number of hydrogen-bond acceptors (Lipinski definition) is 3. The fourth-order valence-corrected chi connectivity index (χ4v) is 3.39. The first-order valence-corrected chi connectivity index (χ1v) is 8.58. The van der Waals surface area contributed by atoms with Gasteiger partial charge in [0.05, 0.1) is 17.3 Å². The zero-order valence-corrected chi connectivity index (χ0v) is 14.2. The number of anilines is 1. The monoisotopic (exact) mass is 339 g/mol. The van der Waals surface area contributed by atoms with Gasteiger partial charge in [-0.1, -0.05) is 30.3 Å². The van der Waals surface area contributed by atoms with E-state index in [1.165, 1.54) is 0 Å². The molecule has 2 aromatic carbocycles. The number of nitrogens with one attached hydrogen (secondary N) is 1. The molecule has 1 aliphatic rings. The van der Waals surface area contributed by atoms with Crippen LogP contribution < -0.4 is 5.32 Å². The second kappa shape index (κ2) is 6.81. The Hall–Kier alpha value is -3.45. The predicted octanol–water partition coefficient (Wildman–Crippen LogP) is 4.10. The van der Waals surface area contributed by atoms with Crippen molar-refractivity contribution >= 4 is 11.6 Å². The van der Waals surface area contributed by atoms with Gasteiger partial charge in [0.2, 0.25) is 5.91 Å². The molecule has 26 heavy (non-hydrogen) atoms. The molecular weight excluding hydrogens is 322 g/mol. The molecule has 0 radical (unpaired) electrons. The van der Waals surface area contributed by atoms with Gasteiger partial charge in [-0.15, -0.1) is 0 Å². The Morgan fingerprint density at radius 2 is 1.92 bits per heavy atom. The van der Waals surface area contributed by atoms with Crippen LogP contribution in [0, 0.1) is 11.3 Å². The second-order valence-corrected chi connectivity index (χ2v) is 6.41. The van der Waals surface area contributed by atoms with E-state index < -0.39 is 0 Å². The lowest BCUT2D eigenvalue weighted by Gasteiger charge is -2.23. The van der Waals surface area contributed by atoms with Gasteiger partial charge in [0, 0.05) is 29.9 Å². The van der Waals surface area contributed by atoms with Crippen LogP contribution in [-0.2, 0) is 17.6 Å². The highest BCUT2D eigenvalue weighted by Crippen LogP contribution is 2.37. The lowest BCUT2D eigenvalue weighted by atomic mass is 9.89. The molecule has 0 unspecified atom stereocenters. The molecule has 0 saturated carbocycles. The SMILES string of the molecule is N#Cc1ccc(Cc2ccc3c(c2-c2cccnc2)NC(=O)CC3)cc1. The molecule has 4 nitrogen and oxygen atoms in total. The number of carbonyl (C=O) groups excluding carboxylic acids is 1. The number of nitriles is 1. The van der Waals surface area contributed by atoms with Gasteiger partial charge in [-0.2, -0.15) is 5.26 Å². The van der Waals surface area contributed by atoms with Gasteiger partial charge in [0.1, 0.15) is 0 Å². The van der Waals surface area contributed by atoms with Gasteiger partial charge in [-0.05, 0) is 47.7 Å². The number of rotatable bonds is 3. The molecule has 0 atom stereocenters. The van der Waals surface area contributed by atoms with Crippen LogP contribution in [0.2, 0.25) is 0 Å². The molecule has 1 aliphatic heterocycles. The minimum Gasteiger partial charge on any atom is -0.325 e. The molecule has 1 N–H and O–H groups in total. The molecular formula is C22H17N3O. The highest BCUT2D eigenvalue weighted by Gasteiger charge is 2.21. The number of amides is 1. The Morgan fingerprint density at radius 1 is 1.08 bits per heavy atom. The van der Waals surface area contributed by atoms with Gasteiger partial charge < -0.3 is 5.32 Å². The minimum absolute atomic E-state index is 0.0539. The molecule has 3 aromatic rings. The highest BCUT2D eigenvalue weighted by molar-refractivity contribution is 5.99. The van der Waals surface area contributed by atoms with Crippen molar-refractivity contribution in [2.45, 2.75) is 19.3 Å². The Bertz CT molecular complexity index is 1000. The van der Waals surface area contributed by atoms with Crippen molar-refractivity contribution in [2.75, 3.05) is 5.32 Å². The molecule has 4 heteroatoms. The Kier molecular flexibility index (Phi) is 4.20. The first-order valence-electron chi connectivity index (χ1n) is 8.58. The lowest BCUT2D eigenvalue weighted by Crippen LogP contribution is -2.20.